The highest BCUT2D eigenvalue weighted by molar-refractivity contribution is 5.98. The van der Waals surface area contributed by atoms with Crippen LogP contribution in [-0.2, 0) is 32.1 Å². The first-order valence-electron chi connectivity index (χ1n) is 14.9. The van der Waals surface area contributed by atoms with Crippen LogP contribution in [0.4, 0.5) is 20.1 Å². The minimum atomic E-state index is -0.978. The van der Waals surface area contributed by atoms with Crippen molar-refractivity contribution in [2.45, 2.75) is 78.2 Å². The van der Waals surface area contributed by atoms with Gasteiger partial charge in [-0.15, -0.1) is 0 Å². The van der Waals surface area contributed by atoms with Gasteiger partial charge >= 0.3 is 18.2 Å². The molecule has 0 spiro atoms. The number of hydrogen-bond acceptors (Lipinski definition) is 7. The maximum atomic E-state index is 13.3. The highest BCUT2D eigenvalue weighted by atomic mass is 16.6. The lowest BCUT2D eigenvalue weighted by Gasteiger charge is -2.25. The van der Waals surface area contributed by atoms with Crippen molar-refractivity contribution in [1.29, 1.82) is 0 Å². The topological polar surface area (TPSA) is 190 Å². The number of alkyl carbamates (subject to hydrolysis) is 2. The monoisotopic (exact) mass is 626 g/mol. The van der Waals surface area contributed by atoms with Gasteiger partial charge in [0.25, 0.3) is 0 Å². The van der Waals surface area contributed by atoms with Gasteiger partial charge in [-0.2, -0.15) is 0 Å². The molecule has 0 fully saturated rings. The van der Waals surface area contributed by atoms with Crippen LogP contribution in [-0.4, -0.2) is 60.8 Å². The predicted molar refractivity (Wildman–Crippen MR) is 170 cm³/mol. The van der Waals surface area contributed by atoms with Crippen LogP contribution in [0.15, 0.2) is 54.6 Å². The fourth-order valence-corrected chi connectivity index (χ4v) is 4.08. The number of nitrogens with one attached hydrogen (secondary N) is 5. The average Bonchev–Trinajstić information content (AvgIpc) is 2.96. The van der Waals surface area contributed by atoms with Crippen molar-refractivity contribution in [3.63, 3.8) is 0 Å². The van der Waals surface area contributed by atoms with Gasteiger partial charge in [0.1, 0.15) is 24.3 Å². The number of benzene rings is 2. The first kappa shape index (κ1) is 36.4. The molecular weight excluding hydrogens is 580 g/mol. The number of ether oxygens (including phenoxy) is 2. The summed E-state index contributed by atoms with van der Waals surface area (Å²) in [5, 5.41) is 13.3. The smallest absolute Gasteiger partial charge is 0.408 e. The first-order valence-corrected chi connectivity index (χ1v) is 14.9. The van der Waals surface area contributed by atoms with Gasteiger partial charge in [-0.05, 0) is 69.2 Å². The summed E-state index contributed by atoms with van der Waals surface area (Å²) in [5.41, 5.74) is 6.78. The van der Waals surface area contributed by atoms with Gasteiger partial charge in [0, 0.05) is 18.8 Å². The number of carbonyl (C=O) groups excluding carboxylic acids is 5. The van der Waals surface area contributed by atoms with Gasteiger partial charge in [-0.1, -0.05) is 56.3 Å². The Hall–Kier alpha value is -4.81. The Morgan fingerprint density at radius 1 is 0.800 bits per heavy atom. The number of anilines is 1. The van der Waals surface area contributed by atoms with Crippen molar-refractivity contribution >= 4 is 35.7 Å². The Kier molecular flexibility index (Phi) is 14.6. The Labute approximate surface area is 264 Å². The van der Waals surface area contributed by atoms with Crippen LogP contribution < -0.4 is 32.3 Å². The van der Waals surface area contributed by atoms with Crippen molar-refractivity contribution in [3.8, 4) is 0 Å². The van der Waals surface area contributed by atoms with E-state index in [-0.39, 0.29) is 25.5 Å². The number of nitrogens with two attached hydrogens (primary N) is 1. The van der Waals surface area contributed by atoms with Gasteiger partial charge in [0.15, 0.2) is 0 Å². The Morgan fingerprint density at radius 2 is 1.47 bits per heavy atom. The largest absolute Gasteiger partial charge is 0.445 e. The molecular formula is C32H46N6O7. The third-order valence-corrected chi connectivity index (χ3v) is 6.34. The second kappa shape index (κ2) is 18.1. The molecule has 0 saturated carbocycles. The fourth-order valence-electron chi connectivity index (χ4n) is 4.08. The van der Waals surface area contributed by atoms with Gasteiger partial charge in [-0.25, -0.2) is 14.4 Å². The minimum absolute atomic E-state index is 0.0377. The number of hydrogen-bond donors (Lipinski definition) is 6. The molecule has 0 aliphatic carbocycles. The molecule has 0 bridgehead atoms. The average molecular weight is 627 g/mol. The van der Waals surface area contributed by atoms with E-state index in [4.69, 9.17) is 15.2 Å². The SMILES string of the molecule is CC(C)[C@@H](NC(=O)OCc1ccccc1)C(=O)NC(CCCNC(N)=O)C(=O)Nc1ccc(CCNC(=O)OC(C)(C)C)cc1. The van der Waals surface area contributed by atoms with E-state index in [1.165, 1.54) is 0 Å². The highest BCUT2D eigenvalue weighted by Crippen LogP contribution is 2.13. The molecule has 45 heavy (non-hydrogen) atoms. The van der Waals surface area contributed by atoms with Gasteiger partial charge in [0.05, 0.1) is 0 Å². The highest BCUT2D eigenvalue weighted by Gasteiger charge is 2.29. The number of primary amides is 1. The molecule has 7 N–H and O–H groups in total. The summed E-state index contributed by atoms with van der Waals surface area (Å²) in [6.45, 7) is 9.51. The molecule has 0 heterocycles. The molecule has 2 atom stereocenters. The third-order valence-electron chi connectivity index (χ3n) is 6.34. The van der Waals surface area contributed by atoms with Gasteiger partial charge in [-0.3, -0.25) is 9.59 Å². The van der Waals surface area contributed by atoms with Gasteiger partial charge in [0.2, 0.25) is 11.8 Å². The molecule has 0 aliphatic heterocycles. The van der Waals surface area contributed by atoms with E-state index < -0.39 is 47.7 Å². The van der Waals surface area contributed by atoms with Crippen LogP contribution in [0.5, 0.6) is 0 Å². The molecule has 0 radical (unpaired) electrons. The lowest BCUT2D eigenvalue weighted by atomic mass is 10.0. The number of rotatable bonds is 15. The van der Waals surface area contributed by atoms with E-state index in [0.717, 1.165) is 11.1 Å². The van der Waals surface area contributed by atoms with E-state index in [9.17, 15) is 24.0 Å². The maximum absolute atomic E-state index is 13.3. The Bertz CT molecular complexity index is 1260. The lowest BCUT2D eigenvalue weighted by Crippen LogP contribution is -2.54. The van der Waals surface area contributed by atoms with Crippen LogP contribution in [0.2, 0.25) is 0 Å². The standard InChI is InChI=1S/C32H46N6O7/c1-21(2)26(38-31(43)44-20-23-10-7-6-8-11-23)28(40)37-25(12-9-18-34-29(33)41)27(39)36-24-15-13-22(14-16-24)17-19-35-30(42)45-32(3,4)5/h6-8,10-11,13-16,21,25-26H,9,12,17-20H2,1-5H3,(H,35,42)(H,36,39)(H,37,40)(H,38,43)(H3,33,34,41)/t25?,26-/m1/s1. The normalized spacial score (nSPS) is 12.3. The molecule has 13 nitrogen and oxygen atoms in total. The third kappa shape index (κ3) is 15.0. The second-order valence-corrected chi connectivity index (χ2v) is 11.8. The van der Waals surface area contributed by atoms with Crippen LogP contribution in [0.1, 0.15) is 58.6 Å². The van der Waals surface area contributed by atoms with Crippen molar-refractivity contribution in [3.05, 3.63) is 65.7 Å². The number of amides is 6. The van der Waals surface area contributed by atoms with E-state index in [1.807, 2.05) is 42.5 Å². The molecule has 6 amide bonds. The Balaban J connectivity index is 2.00. The Morgan fingerprint density at radius 3 is 2.07 bits per heavy atom. The zero-order chi connectivity index (χ0) is 33.4. The van der Waals surface area contributed by atoms with Crippen molar-refractivity contribution in [2.24, 2.45) is 11.7 Å². The number of urea groups is 1. The molecule has 2 aromatic rings. The number of carbonyl (C=O) groups is 5. The van der Waals surface area contributed by atoms with Crippen molar-refractivity contribution in [2.75, 3.05) is 18.4 Å². The maximum Gasteiger partial charge on any atom is 0.408 e. The predicted octanol–water partition coefficient (Wildman–Crippen LogP) is 3.58. The summed E-state index contributed by atoms with van der Waals surface area (Å²) in [7, 11) is 0. The summed E-state index contributed by atoms with van der Waals surface area (Å²) in [5.74, 6) is -1.35. The summed E-state index contributed by atoms with van der Waals surface area (Å²) in [6.07, 6.45) is -0.166. The molecule has 0 saturated heterocycles. The van der Waals surface area contributed by atoms with E-state index in [1.54, 1.807) is 46.8 Å². The lowest BCUT2D eigenvalue weighted by molar-refractivity contribution is -0.128. The minimum Gasteiger partial charge on any atom is -0.445 e. The van der Waals surface area contributed by atoms with Crippen LogP contribution in [0.25, 0.3) is 0 Å². The van der Waals surface area contributed by atoms with Crippen molar-refractivity contribution < 1.29 is 33.4 Å². The van der Waals surface area contributed by atoms with E-state index in [0.29, 0.717) is 25.1 Å². The summed E-state index contributed by atoms with van der Waals surface area (Å²) >= 11 is 0. The molecule has 0 aliphatic rings. The summed E-state index contributed by atoms with van der Waals surface area (Å²) in [4.78, 5) is 62.0. The molecule has 1 unspecified atom stereocenters. The first-order chi connectivity index (χ1) is 21.2. The van der Waals surface area contributed by atoms with E-state index in [2.05, 4.69) is 26.6 Å². The molecule has 246 valence electrons. The summed E-state index contributed by atoms with van der Waals surface area (Å²) < 4.78 is 10.5. The van der Waals surface area contributed by atoms with Crippen molar-refractivity contribution in [1.82, 2.24) is 21.3 Å². The molecule has 2 rings (SSSR count). The van der Waals surface area contributed by atoms with E-state index >= 15 is 0 Å². The molecule has 13 heteroatoms. The zero-order valence-electron chi connectivity index (χ0n) is 26.6. The quantitative estimate of drug-likeness (QED) is 0.163. The summed E-state index contributed by atoms with van der Waals surface area (Å²) in [6, 6.07) is 13.6. The zero-order valence-corrected chi connectivity index (χ0v) is 26.6. The molecule has 0 aromatic heterocycles. The molecule has 2 aromatic carbocycles. The van der Waals surface area contributed by atoms with Crippen LogP contribution >= 0.6 is 0 Å². The van der Waals surface area contributed by atoms with Crippen LogP contribution in [0.3, 0.4) is 0 Å². The van der Waals surface area contributed by atoms with Crippen LogP contribution in [0, 0.1) is 5.92 Å². The fraction of sp³-hybridized carbons (Fsp3) is 0.469. The van der Waals surface area contributed by atoms with Gasteiger partial charge < -0.3 is 41.8 Å². The second-order valence-electron chi connectivity index (χ2n) is 11.8.